The van der Waals surface area contributed by atoms with Crippen molar-refractivity contribution in [2.24, 2.45) is 0 Å². The summed E-state index contributed by atoms with van der Waals surface area (Å²) in [4.78, 5) is 0.708. The molecule has 0 aliphatic carbocycles. The summed E-state index contributed by atoms with van der Waals surface area (Å²) in [5, 5.41) is 0. The van der Waals surface area contributed by atoms with E-state index in [1.165, 1.54) is 11.4 Å². The van der Waals surface area contributed by atoms with Gasteiger partial charge in [-0.3, -0.25) is 4.52 Å². The molecule has 0 saturated carbocycles. The largest absolute Gasteiger partial charge is 0.612 e. The lowest BCUT2D eigenvalue weighted by Crippen LogP contribution is -1.98. The monoisotopic (exact) mass is 322 g/mol. The normalized spacial score (nSPS) is 15.8. The minimum absolute atomic E-state index is 0.338. The second-order valence-electron chi connectivity index (χ2n) is 3.72. The minimum Gasteiger partial charge on any atom is -0.612 e. The molecule has 1 rings (SSSR count). The average Bonchev–Trinajstić information content (AvgIpc) is 2.37. The molecular formula is C12H19O4PS2. The zero-order valence-electron chi connectivity index (χ0n) is 11.3. The first-order valence-corrected chi connectivity index (χ1v) is 10.7. The third-order valence-corrected chi connectivity index (χ3v) is 7.00. The predicted octanol–water partition coefficient (Wildman–Crippen LogP) is 4.09. The van der Waals surface area contributed by atoms with Gasteiger partial charge in [-0.1, -0.05) is 6.92 Å². The fourth-order valence-corrected chi connectivity index (χ4v) is 5.25. The van der Waals surface area contributed by atoms with Crippen LogP contribution in [0.3, 0.4) is 0 Å². The Morgan fingerprint density at radius 1 is 1.32 bits per heavy atom. The van der Waals surface area contributed by atoms with Crippen LogP contribution in [-0.2, 0) is 20.3 Å². The van der Waals surface area contributed by atoms with Crippen LogP contribution in [0, 0.1) is 0 Å². The molecule has 7 heteroatoms. The summed E-state index contributed by atoms with van der Waals surface area (Å²) in [7, 11) is 0. The van der Waals surface area contributed by atoms with E-state index >= 15 is 0 Å². The molecule has 0 heterocycles. The van der Waals surface area contributed by atoms with Crippen molar-refractivity contribution in [3.8, 4) is 5.75 Å². The summed E-state index contributed by atoms with van der Waals surface area (Å²) >= 11 is 0.175. The quantitative estimate of drug-likeness (QED) is 0.533. The number of hydrogen-bond acceptors (Lipinski definition) is 5. The van der Waals surface area contributed by atoms with Gasteiger partial charge in [-0.25, -0.2) is 4.57 Å². The van der Waals surface area contributed by atoms with E-state index in [4.69, 9.17) is 9.05 Å². The molecule has 1 aromatic rings. The van der Waals surface area contributed by atoms with Crippen LogP contribution in [0.4, 0.5) is 0 Å². The van der Waals surface area contributed by atoms with E-state index in [1.807, 2.05) is 6.92 Å². The summed E-state index contributed by atoms with van der Waals surface area (Å²) < 4.78 is 34.4. The van der Waals surface area contributed by atoms with Crippen molar-refractivity contribution in [2.75, 3.05) is 18.6 Å². The SMILES string of the molecule is CCCSP(=O)(OCC)Oc1ccc([S+](C)[O-])cc1. The molecule has 0 radical (unpaired) electrons. The zero-order valence-corrected chi connectivity index (χ0v) is 13.9. The first kappa shape index (κ1) is 16.9. The van der Waals surface area contributed by atoms with Gasteiger partial charge in [0.2, 0.25) is 0 Å². The number of hydrogen-bond donors (Lipinski definition) is 0. The van der Waals surface area contributed by atoms with Crippen LogP contribution in [0.5, 0.6) is 5.75 Å². The first-order valence-electron chi connectivity index (χ1n) is 6.03. The molecule has 19 heavy (non-hydrogen) atoms. The van der Waals surface area contributed by atoms with E-state index in [2.05, 4.69) is 0 Å². The fourth-order valence-electron chi connectivity index (χ4n) is 1.27. The van der Waals surface area contributed by atoms with Crippen LogP contribution in [0.1, 0.15) is 20.3 Å². The second kappa shape index (κ2) is 8.22. The smallest absolute Gasteiger partial charge is 0.440 e. The van der Waals surface area contributed by atoms with Gasteiger partial charge in [0.1, 0.15) is 12.0 Å². The van der Waals surface area contributed by atoms with Crippen LogP contribution in [-0.4, -0.2) is 23.2 Å². The Morgan fingerprint density at radius 3 is 2.42 bits per heavy atom. The summed E-state index contributed by atoms with van der Waals surface area (Å²) in [6, 6.07) is 6.72. The van der Waals surface area contributed by atoms with Crippen LogP contribution < -0.4 is 4.52 Å². The number of rotatable bonds is 8. The van der Waals surface area contributed by atoms with Crippen molar-refractivity contribution >= 4 is 29.4 Å². The van der Waals surface area contributed by atoms with Gasteiger partial charge in [0, 0.05) is 5.75 Å². The molecule has 0 spiro atoms. The average molecular weight is 322 g/mol. The zero-order chi connectivity index (χ0) is 14.3. The minimum atomic E-state index is -3.16. The summed E-state index contributed by atoms with van der Waals surface area (Å²) in [5.41, 5.74) is 0. The van der Waals surface area contributed by atoms with E-state index in [1.54, 1.807) is 37.4 Å². The maximum absolute atomic E-state index is 12.4. The van der Waals surface area contributed by atoms with Crippen molar-refractivity contribution < 1.29 is 18.2 Å². The standard InChI is InChI=1S/C12H19O4PS2/c1-4-10-18-17(13,15-5-2)16-11-6-8-12(9-7-11)19(3)14/h6-9H,4-5,10H2,1-3H3. The maximum atomic E-state index is 12.4. The molecule has 0 fully saturated rings. The van der Waals surface area contributed by atoms with Gasteiger partial charge in [0.15, 0.2) is 4.90 Å². The van der Waals surface area contributed by atoms with Crippen molar-refractivity contribution in [1.29, 1.82) is 0 Å². The van der Waals surface area contributed by atoms with Gasteiger partial charge in [0.05, 0.1) is 6.61 Å². The van der Waals surface area contributed by atoms with Gasteiger partial charge >= 0.3 is 6.80 Å². The van der Waals surface area contributed by atoms with Gasteiger partial charge < -0.3 is 9.08 Å². The van der Waals surface area contributed by atoms with Crippen molar-refractivity contribution in [3.63, 3.8) is 0 Å². The lowest BCUT2D eigenvalue weighted by Gasteiger charge is -2.17. The summed E-state index contributed by atoms with van der Waals surface area (Å²) in [6.45, 7) is 0.975. The van der Waals surface area contributed by atoms with E-state index in [-0.39, 0.29) is 0 Å². The molecule has 0 saturated heterocycles. The first-order chi connectivity index (χ1) is 9.00. The lowest BCUT2D eigenvalue weighted by atomic mass is 10.3. The summed E-state index contributed by atoms with van der Waals surface area (Å²) in [6.07, 6.45) is 2.51. The highest BCUT2D eigenvalue weighted by atomic mass is 32.7. The molecular weight excluding hydrogens is 303 g/mol. The van der Waals surface area contributed by atoms with Crippen LogP contribution in [0.25, 0.3) is 0 Å². The molecule has 0 N–H and O–H groups in total. The summed E-state index contributed by atoms with van der Waals surface area (Å²) in [5.74, 6) is 1.18. The molecule has 108 valence electrons. The van der Waals surface area contributed by atoms with Gasteiger partial charge in [-0.05, 0) is 60.2 Å². The second-order valence-corrected chi connectivity index (χ2v) is 9.21. The molecule has 2 unspecified atom stereocenters. The molecule has 0 aliphatic rings. The Hall–Kier alpha value is -0.130. The van der Waals surface area contributed by atoms with Gasteiger partial charge in [0.25, 0.3) is 0 Å². The molecule has 0 aromatic heterocycles. The number of benzene rings is 1. The predicted molar refractivity (Wildman–Crippen MR) is 81.4 cm³/mol. The highest BCUT2D eigenvalue weighted by Crippen LogP contribution is 2.60. The van der Waals surface area contributed by atoms with Gasteiger partial charge in [-0.15, -0.1) is 0 Å². The Labute approximate surface area is 121 Å². The fraction of sp³-hybridized carbons (Fsp3) is 0.500. The molecule has 2 atom stereocenters. The van der Waals surface area contributed by atoms with E-state index in [0.717, 1.165) is 6.42 Å². The van der Waals surface area contributed by atoms with Crippen molar-refractivity contribution in [1.82, 2.24) is 0 Å². The molecule has 0 aliphatic heterocycles. The van der Waals surface area contributed by atoms with Crippen LogP contribution in [0.2, 0.25) is 0 Å². The van der Waals surface area contributed by atoms with E-state index in [9.17, 15) is 9.12 Å². The lowest BCUT2D eigenvalue weighted by molar-refractivity contribution is 0.296. The molecule has 1 aromatic carbocycles. The Kier molecular flexibility index (Phi) is 7.32. The van der Waals surface area contributed by atoms with E-state index < -0.39 is 18.0 Å². The Morgan fingerprint density at radius 2 is 1.95 bits per heavy atom. The Balaban J connectivity index is 2.75. The molecule has 0 amide bonds. The Bertz CT molecular complexity index is 422. The van der Waals surface area contributed by atoms with Crippen molar-refractivity contribution in [3.05, 3.63) is 24.3 Å². The topological polar surface area (TPSA) is 58.6 Å². The van der Waals surface area contributed by atoms with E-state index in [0.29, 0.717) is 23.0 Å². The highest BCUT2D eigenvalue weighted by Gasteiger charge is 2.26. The highest BCUT2D eigenvalue weighted by molar-refractivity contribution is 8.55. The third-order valence-electron chi connectivity index (χ3n) is 2.11. The van der Waals surface area contributed by atoms with Gasteiger partial charge in [-0.2, -0.15) is 0 Å². The van der Waals surface area contributed by atoms with Crippen molar-refractivity contribution in [2.45, 2.75) is 25.2 Å². The van der Waals surface area contributed by atoms with Crippen LogP contribution >= 0.6 is 18.2 Å². The molecule has 0 bridgehead atoms. The molecule has 4 nitrogen and oxygen atoms in total. The third kappa shape index (κ3) is 5.79. The maximum Gasteiger partial charge on any atom is 0.440 e. The van der Waals surface area contributed by atoms with Crippen LogP contribution in [0.15, 0.2) is 29.2 Å².